The van der Waals surface area contributed by atoms with Gasteiger partial charge in [-0.3, -0.25) is 14.9 Å². The van der Waals surface area contributed by atoms with Crippen LogP contribution < -0.4 is 5.32 Å². The Morgan fingerprint density at radius 1 is 1.10 bits per heavy atom. The Bertz CT molecular complexity index is 624. The second kappa shape index (κ2) is 6.16. The fourth-order valence-corrected chi connectivity index (χ4v) is 1.79. The van der Waals surface area contributed by atoms with Crippen LogP contribution in [0.15, 0.2) is 48.5 Å². The Morgan fingerprint density at radius 2 is 1.70 bits per heavy atom. The third-order valence-electron chi connectivity index (χ3n) is 2.64. The first-order valence-corrected chi connectivity index (χ1v) is 6.21. The summed E-state index contributed by atoms with van der Waals surface area (Å²) in [5, 5.41) is 13.8. The van der Waals surface area contributed by atoms with Crippen molar-refractivity contribution in [1.29, 1.82) is 0 Å². The van der Waals surface area contributed by atoms with E-state index in [9.17, 15) is 14.9 Å². The summed E-state index contributed by atoms with van der Waals surface area (Å²) in [7, 11) is 0. The van der Waals surface area contributed by atoms with E-state index < -0.39 is 4.92 Å². The molecular weight excluding hydrogens is 280 g/mol. The number of nitrogens with zero attached hydrogens (tertiary/aromatic N) is 1. The van der Waals surface area contributed by atoms with E-state index in [0.717, 1.165) is 5.56 Å². The van der Waals surface area contributed by atoms with Crippen LogP contribution in [-0.2, 0) is 11.2 Å². The molecule has 0 aliphatic rings. The van der Waals surface area contributed by atoms with Crippen molar-refractivity contribution < 1.29 is 9.72 Å². The molecule has 20 heavy (non-hydrogen) atoms. The molecule has 1 N–H and O–H groups in total. The highest BCUT2D eigenvalue weighted by Crippen LogP contribution is 2.16. The molecule has 0 radical (unpaired) electrons. The molecule has 0 aliphatic carbocycles. The van der Waals surface area contributed by atoms with E-state index in [1.165, 1.54) is 24.3 Å². The maximum absolute atomic E-state index is 11.8. The number of hydrogen-bond acceptors (Lipinski definition) is 3. The topological polar surface area (TPSA) is 72.2 Å². The molecule has 0 bridgehead atoms. The zero-order valence-electron chi connectivity index (χ0n) is 10.4. The minimum Gasteiger partial charge on any atom is -0.326 e. The van der Waals surface area contributed by atoms with E-state index in [1.54, 1.807) is 24.3 Å². The third kappa shape index (κ3) is 3.80. The summed E-state index contributed by atoms with van der Waals surface area (Å²) in [5.41, 5.74) is 1.35. The van der Waals surface area contributed by atoms with Crippen molar-refractivity contribution in [3.05, 3.63) is 69.2 Å². The lowest BCUT2D eigenvalue weighted by molar-refractivity contribution is -0.384. The van der Waals surface area contributed by atoms with Crippen LogP contribution in [0.1, 0.15) is 5.56 Å². The van der Waals surface area contributed by atoms with Crippen LogP contribution in [0.3, 0.4) is 0 Å². The number of benzene rings is 2. The van der Waals surface area contributed by atoms with Gasteiger partial charge in [-0.2, -0.15) is 0 Å². The predicted molar refractivity (Wildman–Crippen MR) is 76.9 cm³/mol. The second-order valence-electron chi connectivity index (χ2n) is 4.16. The van der Waals surface area contributed by atoms with E-state index in [2.05, 4.69) is 5.32 Å². The number of non-ortho nitro benzene ring substituents is 1. The van der Waals surface area contributed by atoms with Gasteiger partial charge in [0, 0.05) is 22.8 Å². The molecule has 0 saturated carbocycles. The largest absolute Gasteiger partial charge is 0.326 e. The van der Waals surface area contributed by atoms with Crippen molar-refractivity contribution in [2.75, 3.05) is 5.32 Å². The molecule has 0 aliphatic heterocycles. The van der Waals surface area contributed by atoms with Crippen molar-refractivity contribution in [2.45, 2.75) is 6.42 Å². The Balaban J connectivity index is 1.97. The van der Waals surface area contributed by atoms with E-state index in [-0.39, 0.29) is 18.0 Å². The standard InChI is InChI=1S/C14H11ClN2O3/c15-11-3-1-10(2-4-11)9-14(18)16-12-5-7-13(8-6-12)17(19)20/h1-8H,9H2,(H,16,18). The second-order valence-corrected chi connectivity index (χ2v) is 4.59. The van der Waals surface area contributed by atoms with Gasteiger partial charge in [-0.1, -0.05) is 23.7 Å². The van der Waals surface area contributed by atoms with Crippen LogP contribution >= 0.6 is 11.6 Å². The highest BCUT2D eigenvalue weighted by atomic mass is 35.5. The van der Waals surface area contributed by atoms with Gasteiger partial charge in [-0.05, 0) is 29.8 Å². The Hall–Kier alpha value is -2.40. The molecule has 5 nitrogen and oxygen atoms in total. The summed E-state index contributed by atoms with van der Waals surface area (Å²) in [4.78, 5) is 21.8. The van der Waals surface area contributed by atoms with Crippen LogP contribution in [0.2, 0.25) is 5.02 Å². The number of halogens is 1. The van der Waals surface area contributed by atoms with Crippen LogP contribution in [0.25, 0.3) is 0 Å². The van der Waals surface area contributed by atoms with Crippen LogP contribution in [0.5, 0.6) is 0 Å². The highest BCUT2D eigenvalue weighted by Gasteiger charge is 2.07. The van der Waals surface area contributed by atoms with Crippen LogP contribution in [-0.4, -0.2) is 10.8 Å². The van der Waals surface area contributed by atoms with Crippen molar-refractivity contribution in [3.8, 4) is 0 Å². The first kappa shape index (κ1) is 14.0. The molecule has 0 saturated heterocycles. The maximum atomic E-state index is 11.8. The summed E-state index contributed by atoms with van der Waals surface area (Å²) in [6.45, 7) is 0. The molecule has 2 rings (SSSR count). The van der Waals surface area contributed by atoms with Crippen molar-refractivity contribution in [2.24, 2.45) is 0 Å². The lowest BCUT2D eigenvalue weighted by atomic mass is 10.1. The number of carbonyl (C=O) groups is 1. The summed E-state index contributed by atoms with van der Waals surface area (Å²) >= 11 is 5.76. The first-order valence-electron chi connectivity index (χ1n) is 5.83. The van der Waals surface area contributed by atoms with Crippen LogP contribution in [0.4, 0.5) is 11.4 Å². The summed E-state index contributed by atoms with van der Waals surface area (Å²) in [6, 6.07) is 12.7. The lowest BCUT2D eigenvalue weighted by Gasteiger charge is -2.05. The molecule has 2 aromatic carbocycles. The molecule has 0 atom stereocenters. The molecule has 6 heteroatoms. The average molecular weight is 291 g/mol. The van der Waals surface area contributed by atoms with Gasteiger partial charge in [-0.15, -0.1) is 0 Å². The summed E-state index contributed by atoms with van der Waals surface area (Å²) in [5.74, 6) is -0.193. The van der Waals surface area contributed by atoms with Gasteiger partial charge >= 0.3 is 0 Å². The Kier molecular flexibility index (Phi) is 4.32. The fraction of sp³-hybridized carbons (Fsp3) is 0.0714. The van der Waals surface area contributed by atoms with Gasteiger partial charge in [-0.25, -0.2) is 0 Å². The Morgan fingerprint density at radius 3 is 2.25 bits per heavy atom. The van der Waals surface area contributed by atoms with Gasteiger partial charge in [0.2, 0.25) is 5.91 Å². The molecule has 1 amide bonds. The highest BCUT2D eigenvalue weighted by molar-refractivity contribution is 6.30. The number of carbonyl (C=O) groups excluding carboxylic acids is 1. The van der Waals surface area contributed by atoms with Gasteiger partial charge < -0.3 is 5.32 Å². The number of anilines is 1. The average Bonchev–Trinajstić information content (AvgIpc) is 2.42. The van der Waals surface area contributed by atoms with Gasteiger partial charge in [0.25, 0.3) is 5.69 Å². The van der Waals surface area contributed by atoms with Crippen molar-refractivity contribution >= 4 is 28.9 Å². The monoisotopic (exact) mass is 290 g/mol. The predicted octanol–water partition coefficient (Wildman–Crippen LogP) is 3.43. The minimum atomic E-state index is -0.487. The number of nitro benzene ring substituents is 1. The quantitative estimate of drug-likeness (QED) is 0.692. The fourth-order valence-electron chi connectivity index (χ4n) is 1.66. The molecule has 2 aromatic rings. The maximum Gasteiger partial charge on any atom is 0.269 e. The smallest absolute Gasteiger partial charge is 0.269 e. The first-order chi connectivity index (χ1) is 9.54. The number of amides is 1. The van der Waals surface area contributed by atoms with E-state index in [0.29, 0.717) is 10.7 Å². The zero-order valence-corrected chi connectivity index (χ0v) is 11.1. The minimum absolute atomic E-state index is 0.0132. The molecule has 0 unspecified atom stereocenters. The molecule has 0 heterocycles. The zero-order chi connectivity index (χ0) is 14.5. The van der Waals surface area contributed by atoms with E-state index in [1.807, 2.05) is 0 Å². The molecule has 0 aromatic heterocycles. The number of hydrogen-bond donors (Lipinski definition) is 1. The molecule has 0 spiro atoms. The van der Waals surface area contributed by atoms with E-state index >= 15 is 0 Å². The van der Waals surface area contributed by atoms with Gasteiger partial charge in [0.05, 0.1) is 11.3 Å². The SMILES string of the molecule is O=C(Cc1ccc(Cl)cc1)Nc1ccc([N+](=O)[O-])cc1. The summed E-state index contributed by atoms with van der Waals surface area (Å²) in [6.07, 6.45) is 0.216. The molecule has 0 fully saturated rings. The van der Waals surface area contributed by atoms with Crippen molar-refractivity contribution in [1.82, 2.24) is 0 Å². The number of nitrogens with one attached hydrogen (secondary N) is 1. The molecular formula is C14H11ClN2O3. The van der Waals surface area contributed by atoms with Crippen LogP contribution in [0, 0.1) is 10.1 Å². The third-order valence-corrected chi connectivity index (χ3v) is 2.89. The van der Waals surface area contributed by atoms with Gasteiger partial charge in [0.1, 0.15) is 0 Å². The van der Waals surface area contributed by atoms with E-state index in [4.69, 9.17) is 11.6 Å². The van der Waals surface area contributed by atoms with Crippen molar-refractivity contribution in [3.63, 3.8) is 0 Å². The van der Waals surface area contributed by atoms with Gasteiger partial charge in [0.15, 0.2) is 0 Å². The summed E-state index contributed by atoms with van der Waals surface area (Å²) < 4.78 is 0. The lowest BCUT2D eigenvalue weighted by Crippen LogP contribution is -2.14. The Labute approximate surface area is 120 Å². The molecule has 102 valence electrons. The number of rotatable bonds is 4. The number of nitro groups is 1. The normalized spacial score (nSPS) is 10.1.